The van der Waals surface area contributed by atoms with Crippen LogP contribution in [0, 0.1) is 40.4 Å². The van der Waals surface area contributed by atoms with Gasteiger partial charge in [-0.3, -0.25) is 4.79 Å². The minimum absolute atomic E-state index is 0.000275. The van der Waals surface area contributed by atoms with Gasteiger partial charge in [-0.25, -0.2) is 10.4 Å². The van der Waals surface area contributed by atoms with Gasteiger partial charge in [-0.05, 0) is 99.2 Å². The third-order valence-corrected chi connectivity index (χ3v) is 10.4. The molecule has 4 saturated carbocycles. The summed E-state index contributed by atoms with van der Waals surface area (Å²) >= 11 is 0. The molecule has 0 radical (unpaired) electrons. The van der Waals surface area contributed by atoms with Gasteiger partial charge < -0.3 is 10.2 Å². The molecule has 4 N–H and O–H groups in total. The number of rotatable bonds is 4. The van der Waals surface area contributed by atoms with Crippen LogP contribution in [0.25, 0.3) is 0 Å². The molecular weight excluding hydrogens is 378 g/mol. The average molecular weight is 420 g/mol. The standard InChI is InChI=1S/C24H41N3O3/c1-22(30)9-10-24(15-28)16(13-22)3-4-17-18-5-6-20(23(18,2)8-7-19(17)24)21(29)14-27-12-11-25-26-27/h16-20,25-26,28,30H,3-15H2,1-2H3. The molecule has 6 nitrogen and oxygen atoms in total. The molecule has 30 heavy (non-hydrogen) atoms. The van der Waals surface area contributed by atoms with Crippen LogP contribution in [0.1, 0.15) is 71.6 Å². The fourth-order valence-electron chi connectivity index (χ4n) is 8.90. The minimum Gasteiger partial charge on any atom is -0.396 e. The van der Waals surface area contributed by atoms with Gasteiger partial charge >= 0.3 is 0 Å². The van der Waals surface area contributed by atoms with E-state index in [0.717, 1.165) is 58.0 Å². The molecule has 1 heterocycles. The van der Waals surface area contributed by atoms with Gasteiger partial charge in [-0.2, -0.15) is 5.53 Å². The Balaban J connectivity index is 1.35. The third kappa shape index (κ3) is 3.21. The summed E-state index contributed by atoms with van der Waals surface area (Å²) in [6.07, 6.45) is 9.43. The molecule has 6 heteroatoms. The molecule has 4 aliphatic carbocycles. The molecule has 5 rings (SSSR count). The van der Waals surface area contributed by atoms with Gasteiger partial charge in [-0.1, -0.05) is 6.92 Å². The van der Waals surface area contributed by atoms with E-state index in [1.54, 1.807) is 0 Å². The average Bonchev–Trinajstić information content (AvgIpc) is 3.34. The van der Waals surface area contributed by atoms with E-state index < -0.39 is 5.60 Å². The summed E-state index contributed by atoms with van der Waals surface area (Å²) in [5.41, 5.74) is 5.75. The Hall–Kier alpha value is -0.530. The predicted molar refractivity (Wildman–Crippen MR) is 115 cm³/mol. The van der Waals surface area contributed by atoms with Crippen LogP contribution in [0.2, 0.25) is 0 Å². The van der Waals surface area contributed by atoms with Gasteiger partial charge in [0.05, 0.1) is 12.1 Å². The van der Waals surface area contributed by atoms with Crippen LogP contribution in [0.5, 0.6) is 0 Å². The van der Waals surface area contributed by atoms with E-state index in [1.807, 2.05) is 11.9 Å². The van der Waals surface area contributed by atoms with Gasteiger partial charge in [0.1, 0.15) is 0 Å². The van der Waals surface area contributed by atoms with Crippen molar-refractivity contribution in [2.45, 2.75) is 77.2 Å². The van der Waals surface area contributed by atoms with E-state index in [4.69, 9.17) is 0 Å². The summed E-state index contributed by atoms with van der Waals surface area (Å²) in [7, 11) is 0. The second-order valence-electron chi connectivity index (χ2n) is 11.8. The topological polar surface area (TPSA) is 84.8 Å². The van der Waals surface area contributed by atoms with E-state index >= 15 is 0 Å². The van der Waals surface area contributed by atoms with Crippen molar-refractivity contribution in [2.75, 3.05) is 26.2 Å². The first kappa shape index (κ1) is 21.3. The second-order valence-corrected chi connectivity index (χ2v) is 11.8. The van der Waals surface area contributed by atoms with Gasteiger partial charge in [0, 0.05) is 25.6 Å². The van der Waals surface area contributed by atoms with Crippen LogP contribution in [-0.4, -0.2) is 52.8 Å². The van der Waals surface area contributed by atoms with E-state index in [2.05, 4.69) is 17.9 Å². The summed E-state index contributed by atoms with van der Waals surface area (Å²) in [5.74, 6) is 2.86. The number of ketones is 1. The van der Waals surface area contributed by atoms with Crippen molar-refractivity contribution in [1.82, 2.24) is 16.0 Å². The zero-order valence-electron chi connectivity index (χ0n) is 18.8. The summed E-state index contributed by atoms with van der Waals surface area (Å²) < 4.78 is 0. The van der Waals surface area contributed by atoms with Crippen LogP contribution in [0.3, 0.4) is 0 Å². The highest BCUT2D eigenvalue weighted by Gasteiger charge is 2.62. The van der Waals surface area contributed by atoms with E-state index in [0.29, 0.717) is 36.0 Å². The fraction of sp³-hybridized carbons (Fsp3) is 0.958. The lowest BCUT2D eigenvalue weighted by atomic mass is 9.43. The summed E-state index contributed by atoms with van der Waals surface area (Å²) in [6.45, 7) is 6.94. The first-order valence-electron chi connectivity index (χ1n) is 12.4. The lowest BCUT2D eigenvalue weighted by Crippen LogP contribution is -2.58. The van der Waals surface area contributed by atoms with Crippen molar-refractivity contribution in [3.05, 3.63) is 0 Å². The van der Waals surface area contributed by atoms with Gasteiger partial charge in [0.25, 0.3) is 0 Å². The Labute approximate surface area is 181 Å². The zero-order chi connectivity index (χ0) is 21.1. The van der Waals surface area contributed by atoms with Crippen LogP contribution in [-0.2, 0) is 4.79 Å². The molecule has 0 spiro atoms. The molecule has 5 fully saturated rings. The summed E-state index contributed by atoms with van der Waals surface area (Å²) in [6, 6.07) is 0. The van der Waals surface area contributed by atoms with Crippen molar-refractivity contribution in [1.29, 1.82) is 0 Å². The van der Waals surface area contributed by atoms with Crippen LogP contribution >= 0.6 is 0 Å². The second kappa shape index (κ2) is 7.51. The van der Waals surface area contributed by atoms with Crippen LogP contribution < -0.4 is 11.0 Å². The van der Waals surface area contributed by atoms with Gasteiger partial charge in [0.15, 0.2) is 5.78 Å². The third-order valence-electron chi connectivity index (χ3n) is 10.4. The number of Topliss-reactive ketones (excluding diaryl/α,β-unsaturated/α-hetero) is 1. The Kier molecular flexibility index (Phi) is 5.34. The monoisotopic (exact) mass is 419 g/mol. The summed E-state index contributed by atoms with van der Waals surface area (Å²) in [4.78, 5) is 13.3. The number of nitrogens with zero attached hydrogens (tertiary/aromatic N) is 1. The molecule has 0 aromatic carbocycles. The number of hydrogen-bond donors (Lipinski definition) is 4. The first-order chi connectivity index (χ1) is 14.3. The Morgan fingerprint density at radius 3 is 2.63 bits per heavy atom. The maximum absolute atomic E-state index is 13.3. The number of carbonyl (C=O) groups is 1. The van der Waals surface area contributed by atoms with Gasteiger partial charge in [-0.15, -0.1) is 0 Å². The van der Waals surface area contributed by atoms with Crippen molar-refractivity contribution < 1.29 is 15.0 Å². The number of hydrogen-bond acceptors (Lipinski definition) is 6. The lowest BCUT2D eigenvalue weighted by molar-refractivity contribution is -0.171. The number of fused-ring (bicyclic) bond motifs is 5. The molecule has 0 aromatic heterocycles. The molecule has 1 aliphatic heterocycles. The quantitative estimate of drug-likeness (QED) is 0.559. The normalized spacial score (nSPS) is 51.3. The molecular formula is C24H41N3O3. The molecule has 8 unspecified atom stereocenters. The molecule has 170 valence electrons. The molecule has 1 saturated heterocycles. The fourth-order valence-corrected chi connectivity index (χ4v) is 8.90. The molecule has 5 aliphatic rings. The smallest absolute Gasteiger partial charge is 0.151 e. The zero-order valence-corrected chi connectivity index (χ0v) is 18.8. The van der Waals surface area contributed by atoms with Crippen molar-refractivity contribution in [2.24, 2.45) is 40.4 Å². The van der Waals surface area contributed by atoms with Crippen molar-refractivity contribution in [3.63, 3.8) is 0 Å². The largest absolute Gasteiger partial charge is 0.396 e. The maximum atomic E-state index is 13.3. The van der Waals surface area contributed by atoms with Crippen LogP contribution in [0.4, 0.5) is 0 Å². The van der Waals surface area contributed by atoms with E-state index in [-0.39, 0.29) is 23.4 Å². The Bertz CT molecular complexity index is 679. The molecule has 8 atom stereocenters. The number of aliphatic hydroxyl groups excluding tert-OH is 1. The van der Waals surface area contributed by atoms with Crippen molar-refractivity contribution >= 4 is 5.78 Å². The van der Waals surface area contributed by atoms with Gasteiger partial charge in [0.2, 0.25) is 0 Å². The predicted octanol–water partition coefficient (Wildman–Crippen LogP) is 2.26. The first-order valence-corrected chi connectivity index (χ1v) is 12.4. The number of carbonyl (C=O) groups excluding carboxylic acids is 1. The highest BCUT2D eigenvalue weighted by atomic mass is 16.3. The van der Waals surface area contributed by atoms with Crippen LogP contribution in [0.15, 0.2) is 0 Å². The highest BCUT2D eigenvalue weighted by Crippen LogP contribution is 2.68. The highest BCUT2D eigenvalue weighted by molar-refractivity contribution is 5.84. The maximum Gasteiger partial charge on any atom is 0.151 e. The van der Waals surface area contributed by atoms with E-state index in [1.165, 1.54) is 12.8 Å². The minimum atomic E-state index is -0.567. The number of aliphatic hydroxyl groups is 2. The van der Waals surface area contributed by atoms with Crippen molar-refractivity contribution in [3.8, 4) is 0 Å². The Morgan fingerprint density at radius 1 is 1.07 bits per heavy atom. The molecule has 0 aromatic rings. The number of hydrazine groups is 2. The Morgan fingerprint density at radius 2 is 1.90 bits per heavy atom. The lowest BCUT2D eigenvalue weighted by Gasteiger charge is -2.62. The van der Waals surface area contributed by atoms with E-state index in [9.17, 15) is 15.0 Å². The SMILES string of the molecule is CC1(O)CCC2(CO)C(CCC3C4CCC(C(=O)CN5CCNN5)C4(C)CCC32)C1. The molecule has 0 amide bonds. The molecule has 0 bridgehead atoms. The number of nitrogens with one attached hydrogen (secondary N) is 2. The summed E-state index contributed by atoms with van der Waals surface area (Å²) in [5, 5.41) is 23.3.